The van der Waals surface area contributed by atoms with Gasteiger partial charge in [-0.25, -0.2) is 15.0 Å². The zero-order valence-corrected chi connectivity index (χ0v) is 12.8. The van der Waals surface area contributed by atoms with Crippen molar-refractivity contribution in [1.29, 1.82) is 0 Å². The fourth-order valence-electron chi connectivity index (χ4n) is 2.17. The number of hydrogen-bond donors (Lipinski definition) is 2. The van der Waals surface area contributed by atoms with Crippen molar-refractivity contribution in [2.75, 3.05) is 17.8 Å². The van der Waals surface area contributed by atoms with E-state index in [1.165, 1.54) is 5.01 Å². The van der Waals surface area contributed by atoms with Crippen molar-refractivity contribution in [3.63, 3.8) is 0 Å². The molecule has 7 heteroatoms. The van der Waals surface area contributed by atoms with Crippen LogP contribution in [0.2, 0.25) is 0 Å². The molecule has 1 amide bonds. The molecule has 0 aliphatic carbocycles. The van der Waals surface area contributed by atoms with Crippen LogP contribution in [0.5, 0.6) is 0 Å². The number of anilines is 2. The summed E-state index contributed by atoms with van der Waals surface area (Å²) in [6.07, 6.45) is 3.22. The Morgan fingerprint density at radius 2 is 1.96 bits per heavy atom. The smallest absolute Gasteiger partial charge is 0.269 e. The van der Waals surface area contributed by atoms with Crippen LogP contribution in [0.3, 0.4) is 0 Å². The Bertz CT molecular complexity index is 865. The largest absolute Gasteiger partial charge is 0.383 e. The number of amides is 1. The average Bonchev–Trinajstić information content (AvgIpc) is 2.56. The third kappa shape index (κ3) is 3.03. The first-order valence-corrected chi connectivity index (χ1v) is 7.03. The van der Waals surface area contributed by atoms with Gasteiger partial charge in [0.1, 0.15) is 5.82 Å². The maximum atomic E-state index is 12.4. The van der Waals surface area contributed by atoms with E-state index in [1.54, 1.807) is 43.7 Å². The van der Waals surface area contributed by atoms with E-state index in [9.17, 15) is 4.79 Å². The minimum Gasteiger partial charge on any atom is -0.383 e. The van der Waals surface area contributed by atoms with Crippen LogP contribution in [-0.4, -0.2) is 27.9 Å². The molecule has 0 saturated heterocycles. The van der Waals surface area contributed by atoms with Gasteiger partial charge in [-0.2, -0.15) is 0 Å². The zero-order valence-electron chi connectivity index (χ0n) is 12.8. The lowest BCUT2D eigenvalue weighted by Crippen LogP contribution is -2.40. The predicted molar refractivity (Wildman–Crippen MR) is 88.8 cm³/mol. The lowest BCUT2D eigenvalue weighted by atomic mass is 10.1. The molecule has 3 rings (SSSR count). The van der Waals surface area contributed by atoms with E-state index in [-0.39, 0.29) is 5.91 Å². The van der Waals surface area contributed by atoms with Gasteiger partial charge in [-0.05, 0) is 42.8 Å². The number of benzene rings is 1. The summed E-state index contributed by atoms with van der Waals surface area (Å²) >= 11 is 0. The number of nitrogens with zero attached hydrogens (tertiary/aromatic N) is 4. The highest BCUT2D eigenvalue weighted by Crippen LogP contribution is 2.19. The number of fused-ring (bicyclic) bond motifs is 1. The molecule has 23 heavy (non-hydrogen) atoms. The molecule has 0 fully saturated rings. The van der Waals surface area contributed by atoms with Crippen molar-refractivity contribution in [3.8, 4) is 0 Å². The van der Waals surface area contributed by atoms with Crippen molar-refractivity contribution in [1.82, 2.24) is 20.4 Å². The molecule has 2 aromatic heterocycles. The number of pyridine rings is 1. The normalized spacial score (nSPS) is 10.5. The lowest BCUT2D eigenvalue weighted by molar-refractivity contribution is 0.0951. The molecule has 7 nitrogen and oxygen atoms in total. The zero-order chi connectivity index (χ0) is 16.4. The van der Waals surface area contributed by atoms with E-state index in [2.05, 4.69) is 20.4 Å². The van der Waals surface area contributed by atoms with Crippen LogP contribution in [0.4, 0.5) is 11.8 Å². The molecule has 0 unspecified atom stereocenters. The van der Waals surface area contributed by atoms with Gasteiger partial charge in [-0.1, -0.05) is 0 Å². The van der Waals surface area contributed by atoms with Crippen LogP contribution in [0.15, 0.2) is 42.7 Å². The van der Waals surface area contributed by atoms with E-state index >= 15 is 0 Å². The van der Waals surface area contributed by atoms with E-state index in [4.69, 9.17) is 5.73 Å². The molecule has 1 aromatic carbocycles. The second-order valence-corrected chi connectivity index (χ2v) is 5.15. The van der Waals surface area contributed by atoms with Crippen LogP contribution in [-0.2, 0) is 0 Å². The maximum Gasteiger partial charge on any atom is 0.269 e. The van der Waals surface area contributed by atoms with Gasteiger partial charge < -0.3 is 5.73 Å². The molecule has 3 N–H and O–H groups in total. The van der Waals surface area contributed by atoms with Crippen molar-refractivity contribution >= 4 is 28.6 Å². The van der Waals surface area contributed by atoms with E-state index < -0.39 is 0 Å². The highest BCUT2D eigenvalue weighted by atomic mass is 16.2. The number of aromatic nitrogens is 3. The lowest BCUT2D eigenvalue weighted by Gasteiger charge is -2.17. The third-order valence-corrected chi connectivity index (χ3v) is 3.43. The Kier molecular flexibility index (Phi) is 3.76. The van der Waals surface area contributed by atoms with E-state index in [0.717, 1.165) is 16.5 Å². The van der Waals surface area contributed by atoms with Gasteiger partial charge in [0.25, 0.3) is 5.91 Å². The Balaban J connectivity index is 1.85. The van der Waals surface area contributed by atoms with Crippen molar-refractivity contribution < 1.29 is 4.79 Å². The summed E-state index contributed by atoms with van der Waals surface area (Å²) < 4.78 is 0. The molecule has 0 aliphatic heterocycles. The standard InChI is InChI=1S/C16H16N6O/c1-10-8-12-9-11(4-5-13(12)20-14(10)17)15(23)21-22(2)16-18-6-3-7-19-16/h3-9H,1-2H3,(H2,17,20)(H,21,23). The Hall–Kier alpha value is -3.22. The molecule has 0 radical (unpaired) electrons. The van der Waals surface area contributed by atoms with Gasteiger partial charge >= 0.3 is 0 Å². The Labute approximate surface area is 133 Å². The number of nitrogen functional groups attached to an aromatic ring is 1. The summed E-state index contributed by atoms with van der Waals surface area (Å²) in [5.41, 5.74) is 10.7. The van der Waals surface area contributed by atoms with E-state index in [0.29, 0.717) is 17.3 Å². The van der Waals surface area contributed by atoms with Gasteiger partial charge in [-0.15, -0.1) is 0 Å². The summed E-state index contributed by atoms with van der Waals surface area (Å²) in [7, 11) is 1.68. The fourth-order valence-corrected chi connectivity index (χ4v) is 2.17. The van der Waals surface area contributed by atoms with Gasteiger partial charge in [-0.3, -0.25) is 15.2 Å². The number of carbonyl (C=O) groups is 1. The number of nitrogens with one attached hydrogen (secondary N) is 1. The first kappa shape index (κ1) is 14.7. The van der Waals surface area contributed by atoms with Gasteiger partial charge in [0.2, 0.25) is 5.95 Å². The quantitative estimate of drug-likeness (QED) is 0.715. The summed E-state index contributed by atoms with van der Waals surface area (Å²) in [5, 5.41) is 2.34. The number of rotatable bonds is 3. The van der Waals surface area contributed by atoms with Crippen molar-refractivity contribution in [2.45, 2.75) is 6.92 Å². The first-order chi connectivity index (χ1) is 11.0. The van der Waals surface area contributed by atoms with Crippen LogP contribution in [0.25, 0.3) is 10.9 Å². The highest BCUT2D eigenvalue weighted by Gasteiger charge is 2.11. The van der Waals surface area contributed by atoms with E-state index in [1.807, 2.05) is 13.0 Å². The molecule has 3 aromatic rings. The van der Waals surface area contributed by atoms with Crippen LogP contribution in [0.1, 0.15) is 15.9 Å². The Morgan fingerprint density at radius 3 is 2.70 bits per heavy atom. The monoisotopic (exact) mass is 308 g/mol. The molecule has 0 saturated carbocycles. The van der Waals surface area contributed by atoms with Crippen molar-refractivity contribution in [2.24, 2.45) is 0 Å². The molecule has 0 bridgehead atoms. The molecule has 0 spiro atoms. The van der Waals surface area contributed by atoms with Gasteiger partial charge in [0.05, 0.1) is 5.52 Å². The van der Waals surface area contributed by atoms with Gasteiger partial charge in [0, 0.05) is 30.4 Å². The second-order valence-electron chi connectivity index (χ2n) is 5.15. The number of aryl methyl sites for hydroxylation is 1. The molecule has 0 aliphatic rings. The van der Waals surface area contributed by atoms with Crippen LogP contribution < -0.4 is 16.2 Å². The molecular weight excluding hydrogens is 292 g/mol. The molecule has 116 valence electrons. The van der Waals surface area contributed by atoms with Crippen LogP contribution in [0, 0.1) is 6.92 Å². The maximum absolute atomic E-state index is 12.4. The molecule has 0 atom stereocenters. The SMILES string of the molecule is Cc1cc2cc(C(=O)NN(C)c3ncccn3)ccc2nc1N. The second kappa shape index (κ2) is 5.88. The topological polar surface area (TPSA) is 97.0 Å². The summed E-state index contributed by atoms with van der Waals surface area (Å²) in [4.78, 5) is 24.8. The van der Waals surface area contributed by atoms with Crippen molar-refractivity contribution in [3.05, 3.63) is 53.9 Å². The number of nitrogens with two attached hydrogens (primary N) is 1. The minimum absolute atomic E-state index is 0.253. The number of hydrazine groups is 1. The number of carbonyl (C=O) groups excluding carboxylic acids is 1. The van der Waals surface area contributed by atoms with Gasteiger partial charge in [0.15, 0.2) is 0 Å². The summed E-state index contributed by atoms with van der Waals surface area (Å²) in [6.45, 7) is 1.88. The first-order valence-electron chi connectivity index (χ1n) is 7.03. The highest BCUT2D eigenvalue weighted by molar-refractivity contribution is 5.98. The molecule has 2 heterocycles. The average molecular weight is 308 g/mol. The predicted octanol–water partition coefficient (Wildman–Crippen LogP) is 1.70. The summed E-state index contributed by atoms with van der Waals surface area (Å²) in [6, 6.07) is 8.89. The fraction of sp³-hybridized carbons (Fsp3) is 0.125. The molecular formula is C16H16N6O. The van der Waals surface area contributed by atoms with Crippen LogP contribution >= 0.6 is 0 Å². The minimum atomic E-state index is -0.253. The number of hydrogen-bond acceptors (Lipinski definition) is 6. The summed E-state index contributed by atoms with van der Waals surface area (Å²) in [5.74, 6) is 0.652. The Morgan fingerprint density at radius 1 is 1.22 bits per heavy atom. The third-order valence-electron chi connectivity index (χ3n) is 3.43.